The quantitative estimate of drug-likeness (QED) is 0.0837. The van der Waals surface area contributed by atoms with Gasteiger partial charge in [-0.1, -0.05) is 80.3 Å². The maximum Gasteiger partial charge on any atom is 0.500 e. The van der Waals surface area contributed by atoms with E-state index in [1.54, 1.807) is 27.4 Å². The summed E-state index contributed by atoms with van der Waals surface area (Å²) in [7, 11) is 0.164. The van der Waals surface area contributed by atoms with E-state index in [0.717, 1.165) is 55.6 Å². The molecule has 0 fully saturated rings. The van der Waals surface area contributed by atoms with Gasteiger partial charge in [-0.2, -0.15) is 0 Å². The number of hydrogen-bond donors (Lipinski definition) is 1. The van der Waals surface area contributed by atoms with E-state index in [-0.39, 0.29) is 5.75 Å². The average Bonchev–Trinajstić information content (AvgIpc) is 3.05. The molecule has 0 atom stereocenters. The number of phenols is 1. The predicted molar refractivity (Wildman–Crippen MR) is 178 cm³/mol. The Kier molecular flexibility index (Phi) is 12.2. The molecule has 0 saturated carbocycles. The summed E-state index contributed by atoms with van der Waals surface area (Å²) >= 11 is 0. The first kappa shape index (κ1) is 31.9. The predicted octanol–water partition coefficient (Wildman–Crippen LogP) is 6.61. The van der Waals surface area contributed by atoms with E-state index in [1.807, 2.05) is 12.1 Å². The molecular weight excluding hydrogens is 559 g/mol. The Morgan fingerprint density at radius 3 is 1.50 bits per heavy atom. The fraction of sp³-hybridized carbons (Fsp3) is 0.314. The van der Waals surface area contributed by atoms with Crippen molar-refractivity contribution in [3.63, 3.8) is 0 Å². The molecule has 1 N–H and O–H groups in total. The van der Waals surface area contributed by atoms with Crippen LogP contribution in [0.2, 0.25) is 6.04 Å². The van der Waals surface area contributed by atoms with Crippen LogP contribution in [-0.2, 0) is 13.3 Å². The first-order valence-electron chi connectivity index (χ1n) is 14.8. The lowest BCUT2D eigenvalue weighted by Crippen LogP contribution is -2.42. The highest BCUT2D eigenvalue weighted by Crippen LogP contribution is 2.56. The van der Waals surface area contributed by atoms with Crippen LogP contribution in [0.5, 0.6) is 11.5 Å². The van der Waals surface area contributed by atoms with Crippen LogP contribution >= 0.6 is 7.26 Å². The van der Waals surface area contributed by atoms with Crippen LogP contribution in [0.15, 0.2) is 109 Å². The molecule has 7 heteroatoms. The molecule has 0 aliphatic carbocycles. The van der Waals surface area contributed by atoms with Gasteiger partial charge in [-0.15, -0.1) is 0 Å². The van der Waals surface area contributed by atoms with Crippen molar-refractivity contribution in [3.8, 4) is 11.5 Å². The van der Waals surface area contributed by atoms with Gasteiger partial charge in [0, 0.05) is 33.4 Å². The van der Waals surface area contributed by atoms with E-state index in [2.05, 4.69) is 91.0 Å². The van der Waals surface area contributed by atoms with Crippen molar-refractivity contribution >= 4 is 37.3 Å². The third-order valence-corrected chi connectivity index (χ3v) is 14.9. The first-order chi connectivity index (χ1) is 20.6. The molecule has 4 aromatic carbocycles. The van der Waals surface area contributed by atoms with Crippen molar-refractivity contribution in [1.82, 2.24) is 0 Å². The fourth-order valence-corrected chi connectivity index (χ4v) is 11.8. The second-order valence-electron chi connectivity index (χ2n) is 10.3. The fourth-order valence-electron chi connectivity index (χ4n) is 5.60. The van der Waals surface area contributed by atoms with Gasteiger partial charge in [0.2, 0.25) is 0 Å². The largest absolute Gasteiger partial charge is 0.508 e. The molecule has 0 radical (unpaired) electrons. The minimum Gasteiger partial charge on any atom is -0.508 e. The SMILES string of the molecule is CO[Si](CCCCCCCCOc1ccc(O)cc1[P+](c1ccccc1)(c1ccccc1)c1ccccc1)(OC)OC. The Bertz CT molecular complexity index is 1230. The van der Waals surface area contributed by atoms with Crippen LogP contribution in [0.25, 0.3) is 0 Å². The zero-order valence-electron chi connectivity index (χ0n) is 25.1. The molecule has 5 nitrogen and oxygen atoms in total. The van der Waals surface area contributed by atoms with Crippen LogP contribution < -0.4 is 26.0 Å². The molecule has 0 bridgehead atoms. The van der Waals surface area contributed by atoms with Crippen LogP contribution in [0.3, 0.4) is 0 Å². The highest BCUT2D eigenvalue weighted by Gasteiger charge is 2.50. The average molecular weight is 604 g/mol. The standard InChI is InChI=1S/C35H43O5PSi/c1-37-42(38-2,39-3)28-18-7-5-4-6-17-27-40-34-26-25-30(36)29-35(34)41(31-19-11-8-12-20-31,32-21-13-9-14-22-32)33-23-15-10-16-24-33/h8-16,19-26,29H,4-7,17-18,27-28H2,1-3H3/p+1. The molecule has 4 aromatic rings. The Hall–Kier alpha value is -2.99. The Labute approximate surface area is 253 Å². The van der Waals surface area contributed by atoms with Gasteiger partial charge in [-0.05, 0) is 61.4 Å². The van der Waals surface area contributed by atoms with E-state index in [9.17, 15) is 5.11 Å². The number of phenolic OH excluding ortho intramolecular Hbond substituents is 1. The lowest BCUT2D eigenvalue weighted by atomic mass is 10.1. The third-order valence-electron chi connectivity index (χ3n) is 7.80. The number of benzene rings is 4. The molecule has 0 unspecified atom stereocenters. The summed E-state index contributed by atoms with van der Waals surface area (Å²) in [5.74, 6) is 1.07. The van der Waals surface area contributed by atoms with Crippen LogP contribution in [0, 0.1) is 0 Å². The van der Waals surface area contributed by atoms with Crippen LogP contribution in [-0.4, -0.2) is 41.8 Å². The van der Waals surface area contributed by atoms with Gasteiger partial charge in [0.1, 0.15) is 28.9 Å². The number of aromatic hydroxyl groups is 1. The molecule has 0 aliphatic heterocycles. The van der Waals surface area contributed by atoms with Crippen molar-refractivity contribution < 1.29 is 23.1 Å². The summed E-state index contributed by atoms with van der Waals surface area (Å²) in [5.41, 5.74) is 0. The van der Waals surface area contributed by atoms with E-state index in [4.69, 9.17) is 18.0 Å². The van der Waals surface area contributed by atoms with Gasteiger partial charge < -0.3 is 23.1 Å². The first-order valence-corrected chi connectivity index (χ1v) is 18.5. The second kappa shape index (κ2) is 16.0. The van der Waals surface area contributed by atoms with Gasteiger partial charge in [0.15, 0.2) is 11.1 Å². The van der Waals surface area contributed by atoms with Crippen molar-refractivity contribution in [2.24, 2.45) is 0 Å². The summed E-state index contributed by atoms with van der Waals surface area (Å²) in [6.45, 7) is 0.628. The summed E-state index contributed by atoms with van der Waals surface area (Å²) < 4.78 is 23.1. The second-order valence-corrected chi connectivity index (χ2v) is 16.8. The number of unbranched alkanes of at least 4 members (excludes halogenated alkanes) is 5. The van der Waals surface area contributed by atoms with Crippen LogP contribution in [0.1, 0.15) is 38.5 Å². The molecule has 0 amide bonds. The number of hydrogen-bond acceptors (Lipinski definition) is 5. The molecule has 4 rings (SSSR count). The zero-order chi connectivity index (χ0) is 29.7. The van der Waals surface area contributed by atoms with Crippen molar-refractivity contribution in [2.75, 3.05) is 27.9 Å². The van der Waals surface area contributed by atoms with Crippen LogP contribution in [0.4, 0.5) is 0 Å². The minimum atomic E-state index is -2.47. The normalized spacial score (nSPS) is 11.9. The minimum absolute atomic E-state index is 0.243. The molecule has 0 aliphatic rings. The van der Waals surface area contributed by atoms with Gasteiger partial charge in [-0.3, -0.25) is 0 Å². The van der Waals surface area contributed by atoms with Gasteiger partial charge in [0.25, 0.3) is 0 Å². The highest BCUT2D eigenvalue weighted by molar-refractivity contribution is 8.01. The van der Waals surface area contributed by atoms with Crippen molar-refractivity contribution in [1.29, 1.82) is 0 Å². The third kappa shape index (κ3) is 7.50. The maximum absolute atomic E-state index is 10.8. The van der Waals surface area contributed by atoms with Gasteiger partial charge in [-0.25, -0.2) is 0 Å². The summed E-state index contributed by atoms with van der Waals surface area (Å²) in [6.07, 6.45) is 6.57. The summed E-state index contributed by atoms with van der Waals surface area (Å²) in [6, 6.07) is 38.4. The Balaban J connectivity index is 1.52. The molecule has 0 heterocycles. The number of ether oxygens (including phenoxy) is 1. The van der Waals surface area contributed by atoms with Gasteiger partial charge >= 0.3 is 8.80 Å². The molecule has 0 aromatic heterocycles. The highest BCUT2D eigenvalue weighted by atomic mass is 31.2. The summed E-state index contributed by atoms with van der Waals surface area (Å²) in [5, 5.41) is 15.5. The molecular formula is C35H44O5PSi+. The molecule has 0 saturated heterocycles. The number of rotatable bonds is 17. The zero-order valence-corrected chi connectivity index (χ0v) is 27.0. The molecule has 0 spiro atoms. The Morgan fingerprint density at radius 1 is 0.571 bits per heavy atom. The maximum atomic E-state index is 10.8. The lowest BCUT2D eigenvalue weighted by Gasteiger charge is -2.29. The Morgan fingerprint density at radius 2 is 1.02 bits per heavy atom. The lowest BCUT2D eigenvalue weighted by molar-refractivity contribution is 0.122. The molecule has 42 heavy (non-hydrogen) atoms. The molecule has 222 valence electrons. The van der Waals surface area contributed by atoms with Gasteiger partial charge in [0.05, 0.1) is 6.61 Å². The monoisotopic (exact) mass is 603 g/mol. The van der Waals surface area contributed by atoms with E-state index < -0.39 is 16.1 Å². The smallest absolute Gasteiger partial charge is 0.500 e. The topological polar surface area (TPSA) is 57.2 Å². The van der Waals surface area contributed by atoms with Crippen molar-refractivity contribution in [3.05, 3.63) is 109 Å². The van der Waals surface area contributed by atoms with E-state index in [1.165, 1.54) is 15.9 Å². The van der Waals surface area contributed by atoms with E-state index in [0.29, 0.717) is 6.61 Å². The van der Waals surface area contributed by atoms with E-state index >= 15 is 0 Å². The van der Waals surface area contributed by atoms with Crippen molar-refractivity contribution in [2.45, 2.75) is 44.6 Å². The summed E-state index contributed by atoms with van der Waals surface area (Å²) in [4.78, 5) is 0.